The fraction of sp³-hybridized carbons (Fsp3) is 0.263. The van der Waals surface area contributed by atoms with Gasteiger partial charge in [0, 0.05) is 23.5 Å². The molecule has 2 aromatic carbocycles. The van der Waals surface area contributed by atoms with E-state index < -0.39 is 18.0 Å². The smallest absolute Gasteiger partial charge is 0.410 e. The van der Waals surface area contributed by atoms with E-state index in [0.717, 1.165) is 15.6 Å². The van der Waals surface area contributed by atoms with E-state index in [4.69, 9.17) is 4.74 Å². The van der Waals surface area contributed by atoms with Crippen molar-refractivity contribution in [3.8, 4) is 0 Å². The second kappa shape index (κ2) is 7.70. The Kier molecular flexibility index (Phi) is 5.38. The standard InChI is InChI=1S/C19H18BrNO4/c20-15-8-6-14(7-9-15)16-10-21(11-17(16)18(22)23)19(24)25-12-13-4-2-1-3-5-13/h1-9,16-17H,10-12H2,(H,22,23)/t16-,17-/m0/s1. The molecule has 1 amide bonds. The summed E-state index contributed by atoms with van der Waals surface area (Å²) in [6.07, 6.45) is -0.477. The molecule has 1 aliphatic rings. The van der Waals surface area contributed by atoms with Crippen molar-refractivity contribution in [1.82, 2.24) is 4.90 Å². The third-order valence-electron chi connectivity index (χ3n) is 4.40. The first kappa shape index (κ1) is 17.5. The summed E-state index contributed by atoms with van der Waals surface area (Å²) in [7, 11) is 0. The fourth-order valence-corrected chi connectivity index (χ4v) is 3.33. The minimum Gasteiger partial charge on any atom is -0.481 e. The maximum atomic E-state index is 12.3. The van der Waals surface area contributed by atoms with Crippen LogP contribution in [0.3, 0.4) is 0 Å². The third kappa shape index (κ3) is 4.20. The summed E-state index contributed by atoms with van der Waals surface area (Å²) in [5.74, 6) is -1.77. The van der Waals surface area contributed by atoms with Crippen LogP contribution < -0.4 is 0 Å². The van der Waals surface area contributed by atoms with E-state index in [-0.39, 0.29) is 19.1 Å². The Hall–Kier alpha value is -2.34. The minimum atomic E-state index is -0.897. The maximum Gasteiger partial charge on any atom is 0.410 e. The Morgan fingerprint density at radius 2 is 1.76 bits per heavy atom. The van der Waals surface area contributed by atoms with Gasteiger partial charge in [0.1, 0.15) is 6.61 Å². The van der Waals surface area contributed by atoms with Crippen molar-refractivity contribution in [3.63, 3.8) is 0 Å². The van der Waals surface area contributed by atoms with E-state index in [1.165, 1.54) is 4.90 Å². The first-order chi connectivity index (χ1) is 12.0. The van der Waals surface area contributed by atoms with Crippen molar-refractivity contribution in [2.24, 2.45) is 5.92 Å². The first-order valence-electron chi connectivity index (χ1n) is 7.98. The molecule has 0 radical (unpaired) electrons. The molecule has 130 valence electrons. The molecule has 0 aliphatic carbocycles. The summed E-state index contributed by atoms with van der Waals surface area (Å²) in [4.78, 5) is 25.4. The summed E-state index contributed by atoms with van der Waals surface area (Å²) < 4.78 is 6.26. The second-order valence-electron chi connectivity index (χ2n) is 6.05. The molecule has 5 nitrogen and oxygen atoms in total. The number of aliphatic carboxylic acids is 1. The normalized spacial score (nSPS) is 19.6. The van der Waals surface area contributed by atoms with Gasteiger partial charge in [0.25, 0.3) is 0 Å². The molecule has 6 heteroatoms. The van der Waals surface area contributed by atoms with E-state index in [9.17, 15) is 14.7 Å². The van der Waals surface area contributed by atoms with E-state index >= 15 is 0 Å². The first-order valence-corrected chi connectivity index (χ1v) is 8.78. The molecule has 2 aromatic rings. The van der Waals surface area contributed by atoms with Crippen LogP contribution in [0.25, 0.3) is 0 Å². The van der Waals surface area contributed by atoms with Crippen molar-refractivity contribution in [2.45, 2.75) is 12.5 Å². The molecule has 1 heterocycles. The predicted octanol–water partition coefficient (Wildman–Crippen LogP) is 3.89. The van der Waals surface area contributed by atoms with Crippen LogP contribution in [0.1, 0.15) is 17.0 Å². The molecule has 0 spiro atoms. The molecule has 0 aromatic heterocycles. The molecular formula is C19H18BrNO4. The maximum absolute atomic E-state index is 12.3. The Morgan fingerprint density at radius 3 is 2.40 bits per heavy atom. The number of rotatable bonds is 4. The van der Waals surface area contributed by atoms with Crippen molar-refractivity contribution in [3.05, 3.63) is 70.2 Å². The van der Waals surface area contributed by atoms with Gasteiger partial charge >= 0.3 is 12.1 Å². The molecule has 3 rings (SSSR count). The van der Waals surface area contributed by atoms with Gasteiger partial charge in [-0.25, -0.2) is 4.79 Å². The Balaban J connectivity index is 1.68. The van der Waals surface area contributed by atoms with Crippen LogP contribution in [0, 0.1) is 5.92 Å². The number of nitrogens with zero attached hydrogens (tertiary/aromatic N) is 1. The number of carboxylic acid groups (broad SMARTS) is 1. The number of carboxylic acids is 1. The molecule has 2 atom stereocenters. The lowest BCUT2D eigenvalue weighted by atomic mass is 9.89. The third-order valence-corrected chi connectivity index (χ3v) is 4.93. The minimum absolute atomic E-state index is 0.156. The molecule has 0 bridgehead atoms. The topological polar surface area (TPSA) is 66.8 Å². The van der Waals surface area contributed by atoms with Gasteiger partial charge in [-0.3, -0.25) is 4.79 Å². The summed E-state index contributed by atoms with van der Waals surface area (Å²) in [5.41, 5.74) is 1.81. The Labute approximate surface area is 154 Å². The van der Waals surface area contributed by atoms with Crippen LogP contribution in [0.4, 0.5) is 4.79 Å². The predicted molar refractivity (Wildman–Crippen MR) is 96.2 cm³/mol. The van der Waals surface area contributed by atoms with E-state index in [0.29, 0.717) is 6.54 Å². The van der Waals surface area contributed by atoms with Crippen molar-refractivity contribution in [1.29, 1.82) is 0 Å². The highest BCUT2D eigenvalue weighted by atomic mass is 79.9. The summed E-state index contributed by atoms with van der Waals surface area (Å²) in [6, 6.07) is 16.9. The zero-order valence-electron chi connectivity index (χ0n) is 13.5. The highest BCUT2D eigenvalue weighted by molar-refractivity contribution is 9.10. The van der Waals surface area contributed by atoms with Gasteiger partial charge in [-0.05, 0) is 23.3 Å². The molecule has 25 heavy (non-hydrogen) atoms. The lowest BCUT2D eigenvalue weighted by Crippen LogP contribution is -2.30. The van der Waals surface area contributed by atoms with E-state index in [2.05, 4.69) is 15.9 Å². The number of amides is 1. The molecule has 0 unspecified atom stereocenters. The van der Waals surface area contributed by atoms with Gasteiger partial charge in [-0.15, -0.1) is 0 Å². The number of ether oxygens (including phenoxy) is 1. The molecular weight excluding hydrogens is 386 g/mol. The molecule has 1 fully saturated rings. The van der Waals surface area contributed by atoms with Crippen LogP contribution >= 0.6 is 15.9 Å². The monoisotopic (exact) mass is 403 g/mol. The highest BCUT2D eigenvalue weighted by Gasteiger charge is 2.41. The number of hydrogen-bond donors (Lipinski definition) is 1. The Morgan fingerprint density at radius 1 is 1.08 bits per heavy atom. The van der Waals surface area contributed by atoms with Crippen LogP contribution in [-0.4, -0.2) is 35.2 Å². The average molecular weight is 404 g/mol. The highest BCUT2D eigenvalue weighted by Crippen LogP contribution is 2.34. The molecule has 0 saturated carbocycles. The molecule has 1 saturated heterocycles. The van der Waals surface area contributed by atoms with Crippen molar-refractivity contribution < 1.29 is 19.4 Å². The SMILES string of the molecule is O=C(O)[C@H]1CN(C(=O)OCc2ccccc2)C[C@H]1c1ccc(Br)cc1. The van der Waals surface area contributed by atoms with E-state index in [1.54, 1.807) is 0 Å². The van der Waals surface area contributed by atoms with E-state index in [1.807, 2.05) is 54.6 Å². The van der Waals surface area contributed by atoms with Crippen LogP contribution in [0.2, 0.25) is 0 Å². The van der Waals surface area contributed by atoms with Crippen LogP contribution in [0.15, 0.2) is 59.1 Å². The zero-order valence-corrected chi connectivity index (χ0v) is 15.1. The lowest BCUT2D eigenvalue weighted by molar-refractivity contribution is -0.141. The summed E-state index contributed by atoms with van der Waals surface area (Å²) in [5, 5.41) is 9.52. The van der Waals surface area contributed by atoms with Crippen molar-refractivity contribution in [2.75, 3.05) is 13.1 Å². The largest absolute Gasteiger partial charge is 0.481 e. The Bertz CT molecular complexity index is 748. The number of halogens is 1. The number of likely N-dealkylation sites (tertiary alicyclic amines) is 1. The number of benzene rings is 2. The van der Waals surface area contributed by atoms with Gasteiger partial charge in [-0.1, -0.05) is 58.4 Å². The zero-order chi connectivity index (χ0) is 17.8. The number of carbonyl (C=O) groups is 2. The van der Waals surface area contributed by atoms with Crippen LogP contribution in [0.5, 0.6) is 0 Å². The number of hydrogen-bond acceptors (Lipinski definition) is 3. The summed E-state index contributed by atoms with van der Waals surface area (Å²) in [6.45, 7) is 0.673. The summed E-state index contributed by atoms with van der Waals surface area (Å²) >= 11 is 3.38. The van der Waals surface area contributed by atoms with Gasteiger partial charge in [-0.2, -0.15) is 0 Å². The van der Waals surface area contributed by atoms with Gasteiger partial charge in [0.05, 0.1) is 5.92 Å². The molecule has 1 aliphatic heterocycles. The molecule has 1 N–H and O–H groups in total. The van der Waals surface area contributed by atoms with Crippen molar-refractivity contribution >= 4 is 28.0 Å². The van der Waals surface area contributed by atoms with Gasteiger partial charge in [0.15, 0.2) is 0 Å². The quantitative estimate of drug-likeness (QED) is 0.840. The lowest BCUT2D eigenvalue weighted by Gasteiger charge is -2.16. The van der Waals surface area contributed by atoms with Gasteiger partial charge < -0.3 is 14.7 Å². The average Bonchev–Trinajstić information content (AvgIpc) is 3.07. The second-order valence-corrected chi connectivity index (χ2v) is 6.96. The fourth-order valence-electron chi connectivity index (χ4n) is 3.06. The number of carbonyl (C=O) groups excluding carboxylic acids is 1. The van der Waals surface area contributed by atoms with Crippen LogP contribution in [-0.2, 0) is 16.1 Å². The van der Waals surface area contributed by atoms with Gasteiger partial charge in [0.2, 0.25) is 0 Å².